The number of carbonyl (C=O) groups is 1. The Morgan fingerprint density at radius 3 is 3.15 bits per heavy atom. The van der Waals surface area contributed by atoms with Gasteiger partial charge in [-0.25, -0.2) is 9.78 Å². The third kappa shape index (κ3) is 1.71. The highest BCUT2D eigenvalue weighted by Gasteiger charge is 2.21. The van der Waals surface area contributed by atoms with E-state index < -0.39 is 5.97 Å². The van der Waals surface area contributed by atoms with Crippen molar-refractivity contribution in [3.05, 3.63) is 16.1 Å². The minimum absolute atomic E-state index is 0.0260. The van der Waals surface area contributed by atoms with E-state index in [0.29, 0.717) is 0 Å². The molecule has 2 heterocycles. The van der Waals surface area contributed by atoms with Crippen LogP contribution in [0.5, 0.6) is 0 Å². The van der Waals surface area contributed by atoms with E-state index >= 15 is 0 Å². The number of ether oxygens (including phenoxy) is 1. The number of aromatic carboxylic acids is 1. The molecule has 1 N–H and O–H groups in total. The third-order valence-corrected chi connectivity index (χ3v) is 3.02. The predicted molar refractivity (Wildman–Crippen MR) is 47.0 cm³/mol. The molecular weight excluding hydrogens is 190 g/mol. The van der Waals surface area contributed by atoms with Gasteiger partial charge in [0.1, 0.15) is 16.0 Å². The molecule has 1 aliphatic rings. The van der Waals surface area contributed by atoms with Crippen molar-refractivity contribution in [1.29, 1.82) is 0 Å². The number of rotatable bonds is 2. The maximum absolute atomic E-state index is 10.6. The van der Waals surface area contributed by atoms with Crippen LogP contribution < -0.4 is 0 Å². The summed E-state index contributed by atoms with van der Waals surface area (Å²) in [4.78, 5) is 14.9. The van der Waals surface area contributed by atoms with E-state index in [-0.39, 0.29) is 11.0 Å². The molecule has 1 fully saturated rings. The highest BCUT2D eigenvalue weighted by Crippen LogP contribution is 2.31. The van der Waals surface area contributed by atoms with Gasteiger partial charge in [-0.05, 0) is 12.8 Å². The smallest absolute Gasteiger partial charge is 0.347 e. The first-order valence-electron chi connectivity index (χ1n) is 4.08. The second-order valence-electron chi connectivity index (χ2n) is 2.87. The molecule has 0 aromatic carbocycles. The zero-order valence-electron chi connectivity index (χ0n) is 6.90. The molecule has 0 spiro atoms. The van der Waals surface area contributed by atoms with Gasteiger partial charge < -0.3 is 9.84 Å². The Balaban J connectivity index is 2.16. The summed E-state index contributed by atoms with van der Waals surface area (Å²) >= 11 is 1.20. The van der Waals surface area contributed by atoms with E-state index in [9.17, 15) is 4.79 Å². The van der Waals surface area contributed by atoms with Crippen molar-refractivity contribution in [2.75, 3.05) is 6.61 Å². The molecule has 1 aliphatic heterocycles. The summed E-state index contributed by atoms with van der Waals surface area (Å²) in [5.74, 6) is -0.915. The molecule has 1 aromatic rings. The monoisotopic (exact) mass is 199 g/mol. The average Bonchev–Trinajstić information content (AvgIpc) is 2.75. The number of hydrogen-bond acceptors (Lipinski definition) is 4. The van der Waals surface area contributed by atoms with Crippen LogP contribution in [0.3, 0.4) is 0 Å². The molecule has 1 aromatic heterocycles. The fraction of sp³-hybridized carbons (Fsp3) is 0.500. The summed E-state index contributed by atoms with van der Waals surface area (Å²) in [6, 6.07) is 0. The molecule has 1 saturated heterocycles. The van der Waals surface area contributed by atoms with E-state index in [1.165, 1.54) is 17.5 Å². The van der Waals surface area contributed by atoms with Crippen LogP contribution in [0.25, 0.3) is 0 Å². The van der Waals surface area contributed by atoms with E-state index in [0.717, 1.165) is 24.5 Å². The Bertz CT molecular complexity index is 317. The summed E-state index contributed by atoms with van der Waals surface area (Å²) in [7, 11) is 0. The summed E-state index contributed by atoms with van der Waals surface area (Å²) in [5, 5.41) is 9.46. The van der Waals surface area contributed by atoms with E-state index in [4.69, 9.17) is 9.84 Å². The molecule has 0 amide bonds. The number of aromatic nitrogens is 1. The fourth-order valence-corrected chi connectivity index (χ4v) is 2.15. The first-order chi connectivity index (χ1) is 6.27. The van der Waals surface area contributed by atoms with Crippen LogP contribution in [0, 0.1) is 0 Å². The Hall–Kier alpha value is -0.940. The minimum atomic E-state index is -0.915. The van der Waals surface area contributed by atoms with Crippen molar-refractivity contribution >= 4 is 17.3 Å². The van der Waals surface area contributed by atoms with Gasteiger partial charge in [-0.1, -0.05) is 0 Å². The lowest BCUT2D eigenvalue weighted by Gasteiger charge is -2.02. The molecule has 2 rings (SSSR count). The van der Waals surface area contributed by atoms with Crippen LogP contribution in [0.15, 0.2) is 6.20 Å². The van der Waals surface area contributed by atoms with Gasteiger partial charge in [0, 0.05) is 6.61 Å². The van der Waals surface area contributed by atoms with Crippen LogP contribution >= 0.6 is 11.3 Å². The number of carboxylic acid groups (broad SMARTS) is 1. The Morgan fingerprint density at radius 1 is 1.77 bits per heavy atom. The predicted octanol–water partition coefficient (Wildman–Crippen LogP) is 1.69. The van der Waals surface area contributed by atoms with Crippen LogP contribution in [-0.4, -0.2) is 22.7 Å². The Morgan fingerprint density at radius 2 is 2.62 bits per heavy atom. The van der Waals surface area contributed by atoms with Gasteiger partial charge in [-0.3, -0.25) is 0 Å². The largest absolute Gasteiger partial charge is 0.477 e. The van der Waals surface area contributed by atoms with Crippen LogP contribution in [0.2, 0.25) is 0 Å². The zero-order valence-corrected chi connectivity index (χ0v) is 7.71. The molecule has 0 radical (unpaired) electrons. The van der Waals surface area contributed by atoms with Crippen molar-refractivity contribution < 1.29 is 14.6 Å². The lowest BCUT2D eigenvalue weighted by Crippen LogP contribution is -1.93. The van der Waals surface area contributed by atoms with Gasteiger partial charge >= 0.3 is 5.97 Å². The van der Waals surface area contributed by atoms with Gasteiger partial charge in [0.2, 0.25) is 0 Å². The van der Waals surface area contributed by atoms with Gasteiger partial charge in [-0.2, -0.15) is 0 Å². The minimum Gasteiger partial charge on any atom is -0.477 e. The lowest BCUT2D eigenvalue weighted by atomic mass is 10.2. The summed E-state index contributed by atoms with van der Waals surface area (Å²) in [6.45, 7) is 0.757. The maximum atomic E-state index is 10.6. The Labute approximate surface area is 79.2 Å². The second-order valence-corrected chi connectivity index (χ2v) is 3.93. The van der Waals surface area contributed by atoms with Gasteiger partial charge in [-0.15, -0.1) is 11.3 Å². The van der Waals surface area contributed by atoms with Crippen molar-refractivity contribution in [1.82, 2.24) is 4.98 Å². The van der Waals surface area contributed by atoms with Crippen molar-refractivity contribution in [2.45, 2.75) is 18.9 Å². The van der Waals surface area contributed by atoms with Crippen LogP contribution in [0.4, 0.5) is 0 Å². The normalized spacial score (nSPS) is 22.0. The van der Waals surface area contributed by atoms with Gasteiger partial charge in [0.15, 0.2) is 0 Å². The third-order valence-electron chi connectivity index (χ3n) is 1.94. The molecule has 0 bridgehead atoms. The van der Waals surface area contributed by atoms with Crippen LogP contribution in [-0.2, 0) is 4.74 Å². The summed E-state index contributed by atoms with van der Waals surface area (Å²) < 4.78 is 5.39. The first kappa shape index (κ1) is 8.65. The van der Waals surface area contributed by atoms with E-state index in [1.807, 2.05) is 0 Å². The standard InChI is InChI=1S/C8H9NO3S/c10-8(11)6-4-9-7(13-6)5-2-1-3-12-5/h4-5H,1-3H2,(H,10,11)/t5-/m1/s1. The molecule has 5 heteroatoms. The van der Waals surface area contributed by atoms with E-state index in [1.54, 1.807) is 0 Å². The average molecular weight is 199 g/mol. The highest BCUT2D eigenvalue weighted by atomic mass is 32.1. The van der Waals surface area contributed by atoms with Crippen molar-refractivity contribution in [3.63, 3.8) is 0 Å². The molecule has 4 nitrogen and oxygen atoms in total. The zero-order chi connectivity index (χ0) is 9.26. The molecule has 0 unspecified atom stereocenters. The van der Waals surface area contributed by atoms with Crippen molar-refractivity contribution in [3.8, 4) is 0 Å². The maximum Gasteiger partial charge on any atom is 0.347 e. The van der Waals surface area contributed by atoms with Crippen molar-refractivity contribution in [2.24, 2.45) is 0 Å². The topological polar surface area (TPSA) is 59.4 Å². The van der Waals surface area contributed by atoms with Gasteiger partial charge in [0.05, 0.1) is 6.20 Å². The van der Waals surface area contributed by atoms with E-state index in [2.05, 4.69) is 4.98 Å². The molecular formula is C8H9NO3S. The fourth-order valence-electron chi connectivity index (χ4n) is 1.31. The summed E-state index contributed by atoms with van der Waals surface area (Å²) in [6.07, 6.45) is 3.40. The van der Waals surface area contributed by atoms with Crippen LogP contribution in [0.1, 0.15) is 33.6 Å². The first-order valence-corrected chi connectivity index (χ1v) is 4.89. The SMILES string of the molecule is O=C(O)c1cnc([C@H]2CCCO2)s1. The molecule has 70 valence electrons. The Kier molecular flexibility index (Phi) is 2.28. The lowest BCUT2D eigenvalue weighted by molar-refractivity contribution is 0.0702. The molecule has 0 saturated carbocycles. The number of hydrogen-bond donors (Lipinski definition) is 1. The molecule has 0 aliphatic carbocycles. The second kappa shape index (κ2) is 3.43. The quantitative estimate of drug-likeness (QED) is 0.787. The number of thiazole rings is 1. The highest BCUT2D eigenvalue weighted by molar-refractivity contribution is 7.13. The number of nitrogens with zero attached hydrogens (tertiary/aromatic N) is 1. The number of carboxylic acids is 1. The van der Waals surface area contributed by atoms with Gasteiger partial charge in [0.25, 0.3) is 0 Å². The molecule has 1 atom stereocenters. The summed E-state index contributed by atoms with van der Waals surface area (Å²) in [5.41, 5.74) is 0. The molecule has 13 heavy (non-hydrogen) atoms.